The second-order valence-electron chi connectivity index (χ2n) is 6.24. The molecule has 1 aromatic rings. The quantitative estimate of drug-likeness (QED) is 0.876. The third-order valence-corrected chi connectivity index (χ3v) is 4.42. The van der Waals surface area contributed by atoms with Crippen molar-refractivity contribution >= 4 is 0 Å². The highest BCUT2D eigenvalue weighted by atomic mass is 16.3. The average molecular weight is 261 g/mol. The van der Waals surface area contributed by atoms with Crippen LogP contribution in [0.4, 0.5) is 0 Å². The van der Waals surface area contributed by atoms with Gasteiger partial charge in [0.25, 0.3) is 0 Å². The largest absolute Gasteiger partial charge is 0.386 e. The first-order valence-corrected chi connectivity index (χ1v) is 7.57. The first-order valence-electron chi connectivity index (χ1n) is 7.57. The monoisotopic (exact) mass is 261 g/mol. The molecule has 1 aliphatic heterocycles. The number of aliphatic hydroxyl groups excluding tert-OH is 1. The molecule has 0 spiro atoms. The number of nitrogens with zero attached hydrogens (tertiary/aromatic N) is 1. The van der Waals surface area contributed by atoms with Crippen LogP contribution in [0.5, 0.6) is 0 Å². The number of benzene rings is 1. The van der Waals surface area contributed by atoms with Gasteiger partial charge in [-0.2, -0.15) is 0 Å². The van der Waals surface area contributed by atoms with Crippen LogP contribution in [0.2, 0.25) is 0 Å². The predicted molar refractivity (Wildman–Crippen MR) is 80.3 cm³/mol. The summed E-state index contributed by atoms with van der Waals surface area (Å²) in [6.07, 6.45) is 4.38. The molecule has 2 heteroatoms. The summed E-state index contributed by atoms with van der Waals surface area (Å²) in [5.41, 5.74) is 2.22. The first-order chi connectivity index (χ1) is 9.05. The molecule has 1 fully saturated rings. The Morgan fingerprint density at radius 3 is 2.26 bits per heavy atom. The molecule has 1 atom stereocenters. The van der Waals surface area contributed by atoms with Crippen LogP contribution in [0.25, 0.3) is 0 Å². The smallest absolute Gasteiger partial charge is 0.0968 e. The molecule has 0 aromatic heterocycles. The van der Waals surface area contributed by atoms with Crippen molar-refractivity contribution < 1.29 is 5.11 Å². The first kappa shape index (κ1) is 14.5. The fourth-order valence-electron chi connectivity index (χ4n) is 3.03. The molecule has 0 aliphatic carbocycles. The Balaban J connectivity index is 2.11. The number of hydrogen-bond donors (Lipinski definition) is 1. The van der Waals surface area contributed by atoms with Gasteiger partial charge in [0.1, 0.15) is 0 Å². The summed E-state index contributed by atoms with van der Waals surface area (Å²) in [6, 6.07) is 8.49. The highest BCUT2D eigenvalue weighted by Crippen LogP contribution is 2.33. The lowest BCUT2D eigenvalue weighted by Crippen LogP contribution is -2.46. The Bertz CT molecular complexity index is 390. The number of aliphatic hydroxyl groups is 1. The molecule has 1 heterocycles. The van der Waals surface area contributed by atoms with Gasteiger partial charge in [0, 0.05) is 5.54 Å². The lowest BCUT2D eigenvalue weighted by Gasteiger charge is -2.39. The molecule has 106 valence electrons. The molecule has 2 nitrogen and oxygen atoms in total. The standard InChI is InChI=1S/C17H27NO/c1-4-7-14-8-10-15(11-9-14)16(19)17(2,3)18-12-5-6-13-18/h8-11,16,19H,4-7,12-13H2,1-3H3. The molecular weight excluding hydrogens is 234 g/mol. The summed E-state index contributed by atoms with van der Waals surface area (Å²) >= 11 is 0. The van der Waals surface area contributed by atoms with Gasteiger partial charge in [-0.25, -0.2) is 0 Å². The Morgan fingerprint density at radius 2 is 1.74 bits per heavy atom. The normalized spacial score (nSPS) is 18.7. The van der Waals surface area contributed by atoms with E-state index in [9.17, 15) is 5.11 Å². The fraction of sp³-hybridized carbons (Fsp3) is 0.647. The van der Waals surface area contributed by atoms with Gasteiger partial charge in [-0.15, -0.1) is 0 Å². The molecule has 2 rings (SSSR count). The minimum Gasteiger partial charge on any atom is -0.386 e. The van der Waals surface area contributed by atoms with Crippen molar-refractivity contribution in [2.45, 2.75) is 58.1 Å². The second kappa shape index (κ2) is 6.06. The predicted octanol–water partition coefficient (Wildman–Crippen LogP) is 3.55. The number of likely N-dealkylation sites (tertiary alicyclic amines) is 1. The third kappa shape index (κ3) is 3.18. The second-order valence-corrected chi connectivity index (χ2v) is 6.24. The van der Waals surface area contributed by atoms with E-state index in [1.165, 1.54) is 24.8 Å². The molecule has 1 unspecified atom stereocenters. The van der Waals surface area contributed by atoms with Gasteiger partial charge in [-0.05, 0) is 57.3 Å². The average Bonchev–Trinajstić information content (AvgIpc) is 2.94. The molecule has 1 aliphatic rings. The van der Waals surface area contributed by atoms with E-state index in [0.717, 1.165) is 25.1 Å². The number of aryl methyl sites for hydroxylation is 1. The van der Waals surface area contributed by atoms with Crippen molar-refractivity contribution in [1.82, 2.24) is 4.90 Å². The summed E-state index contributed by atoms with van der Waals surface area (Å²) in [5.74, 6) is 0. The van der Waals surface area contributed by atoms with E-state index in [1.54, 1.807) is 0 Å². The molecule has 0 amide bonds. The molecular formula is C17H27NO. The van der Waals surface area contributed by atoms with Crippen molar-refractivity contribution in [3.05, 3.63) is 35.4 Å². The van der Waals surface area contributed by atoms with Crippen LogP contribution in [-0.2, 0) is 6.42 Å². The van der Waals surface area contributed by atoms with Crippen LogP contribution in [0.3, 0.4) is 0 Å². The number of hydrogen-bond acceptors (Lipinski definition) is 2. The lowest BCUT2D eigenvalue weighted by atomic mass is 9.89. The minimum atomic E-state index is -0.415. The molecule has 1 N–H and O–H groups in total. The van der Waals surface area contributed by atoms with Crippen molar-refractivity contribution in [2.75, 3.05) is 13.1 Å². The molecule has 0 bridgehead atoms. The van der Waals surface area contributed by atoms with Crippen LogP contribution in [0.15, 0.2) is 24.3 Å². The molecule has 0 radical (unpaired) electrons. The summed E-state index contributed by atoms with van der Waals surface area (Å²) in [4.78, 5) is 2.41. The highest BCUT2D eigenvalue weighted by molar-refractivity contribution is 5.26. The Labute approximate surface area is 117 Å². The molecule has 19 heavy (non-hydrogen) atoms. The summed E-state index contributed by atoms with van der Waals surface area (Å²) in [7, 11) is 0. The van der Waals surface area contributed by atoms with E-state index in [2.05, 4.69) is 49.9 Å². The zero-order valence-electron chi connectivity index (χ0n) is 12.5. The van der Waals surface area contributed by atoms with E-state index < -0.39 is 6.10 Å². The van der Waals surface area contributed by atoms with Gasteiger partial charge in [-0.3, -0.25) is 4.90 Å². The maximum Gasteiger partial charge on any atom is 0.0968 e. The Kier molecular flexibility index (Phi) is 4.64. The molecule has 1 aromatic carbocycles. The zero-order valence-corrected chi connectivity index (χ0v) is 12.5. The van der Waals surface area contributed by atoms with Crippen molar-refractivity contribution in [1.29, 1.82) is 0 Å². The number of rotatable bonds is 5. The maximum atomic E-state index is 10.7. The zero-order chi connectivity index (χ0) is 13.9. The van der Waals surface area contributed by atoms with E-state index in [0.29, 0.717) is 0 Å². The van der Waals surface area contributed by atoms with E-state index in [4.69, 9.17) is 0 Å². The van der Waals surface area contributed by atoms with Crippen LogP contribution >= 0.6 is 0 Å². The summed E-state index contributed by atoms with van der Waals surface area (Å²) in [6.45, 7) is 8.72. The van der Waals surface area contributed by atoms with Gasteiger partial charge >= 0.3 is 0 Å². The van der Waals surface area contributed by atoms with Crippen LogP contribution in [-0.4, -0.2) is 28.6 Å². The van der Waals surface area contributed by atoms with Crippen molar-refractivity contribution in [3.8, 4) is 0 Å². The van der Waals surface area contributed by atoms with Gasteiger partial charge in [0.05, 0.1) is 6.10 Å². The summed E-state index contributed by atoms with van der Waals surface area (Å²) in [5, 5.41) is 10.7. The van der Waals surface area contributed by atoms with Gasteiger partial charge in [0.15, 0.2) is 0 Å². The van der Waals surface area contributed by atoms with E-state index in [-0.39, 0.29) is 5.54 Å². The van der Waals surface area contributed by atoms with Gasteiger partial charge < -0.3 is 5.11 Å². The fourth-order valence-corrected chi connectivity index (χ4v) is 3.03. The van der Waals surface area contributed by atoms with Crippen LogP contribution in [0, 0.1) is 0 Å². The minimum absolute atomic E-state index is 0.178. The molecule has 1 saturated heterocycles. The Hall–Kier alpha value is -0.860. The van der Waals surface area contributed by atoms with E-state index in [1.807, 2.05) is 0 Å². The SMILES string of the molecule is CCCc1ccc(C(O)C(C)(C)N2CCCC2)cc1. The van der Waals surface area contributed by atoms with Crippen molar-refractivity contribution in [2.24, 2.45) is 0 Å². The Morgan fingerprint density at radius 1 is 1.16 bits per heavy atom. The maximum absolute atomic E-state index is 10.7. The van der Waals surface area contributed by atoms with Crippen LogP contribution < -0.4 is 0 Å². The highest BCUT2D eigenvalue weighted by Gasteiger charge is 2.36. The summed E-state index contributed by atoms with van der Waals surface area (Å²) < 4.78 is 0. The van der Waals surface area contributed by atoms with E-state index >= 15 is 0 Å². The van der Waals surface area contributed by atoms with Crippen LogP contribution in [0.1, 0.15) is 57.3 Å². The van der Waals surface area contributed by atoms with Crippen molar-refractivity contribution in [3.63, 3.8) is 0 Å². The van der Waals surface area contributed by atoms with Gasteiger partial charge in [0.2, 0.25) is 0 Å². The lowest BCUT2D eigenvalue weighted by molar-refractivity contribution is 0.00132. The molecule has 0 saturated carbocycles. The topological polar surface area (TPSA) is 23.5 Å². The third-order valence-electron chi connectivity index (χ3n) is 4.42. The van der Waals surface area contributed by atoms with Gasteiger partial charge in [-0.1, -0.05) is 37.6 Å².